The molecule has 134 valence electrons. The monoisotopic (exact) mass is 443 g/mol. The second-order valence-electron chi connectivity index (χ2n) is 5.96. The second-order valence-corrected chi connectivity index (χ2v) is 7.90. The van der Waals surface area contributed by atoms with Gasteiger partial charge in [-0.25, -0.2) is 14.4 Å². The summed E-state index contributed by atoms with van der Waals surface area (Å²) >= 11 is 4.48. The Morgan fingerprint density at radius 2 is 1.81 bits per heavy atom. The zero-order valence-corrected chi connectivity index (χ0v) is 16.1. The van der Waals surface area contributed by atoms with Gasteiger partial charge in [-0.15, -0.1) is 21.5 Å². The summed E-state index contributed by atoms with van der Waals surface area (Å²) in [5.74, 6) is 1.38. The van der Waals surface area contributed by atoms with Crippen LogP contribution in [-0.2, 0) is 12.8 Å². The number of H-pyrrole nitrogens is 1. The van der Waals surface area contributed by atoms with Gasteiger partial charge < -0.3 is 9.40 Å². The number of thiazole rings is 1. The van der Waals surface area contributed by atoms with Crippen LogP contribution in [-0.4, -0.2) is 25.1 Å². The summed E-state index contributed by atoms with van der Waals surface area (Å²) in [7, 11) is 0. The Morgan fingerprint density at radius 1 is 1.00 bits per heavy atom. The van der Waals surface area contributed by atoms with Gasteiger partial charge in [-0.05, 0) is 40.2 Å². The standard InChI is InChI=1S/C18H11BrFN5OS/c19-9-5-6-12-18(17(9)20)27-16(23-12)8-15-25-24-14(26-15)7-13-21-10-3-1-2-4-11(10)22-13/h1-6H,7-8H2,(H,21,22). The minimum atomic E-state index is -0.299. The molecule has 0 spiro atoms. The summed E-state index contributed by atoms with van der Waals surface area (Å²) in [5, 5.41) is 8.88. The van der Waals surface area contributed by atoms with Crippen molar-refractivity contribution >= 4 is 48.5 Å². The number of rotatable bonds is 4. The molecule has 0 bridgehead atoms. The minimum Gasteiger partial charge on any atom is -0.424 e. The molecule has 2 aromatic carbocycles. The van der Waals surface area contributed by atoms with Crippen LogP contribution in [0.5, 0.6) is 0 Å². The van der Waals surface area contributed by atoms with Gasteiger partial charge in [0.25, 0.3) is 0 Å². The molecule has 3 aromatic heterocycles. The van der Waals surface area contributed by atoms with E-state index in [1.165, 1.54) is 11.3 Å². The van der Waals surface area contributed by atoms with E-state index in [-0.39, 0.29) is 5.82 Å². The van der Waals surface area contributed by atoms with Crippen LogP contribution in [0.25, 0.3) is 21.3 Å². The SMILES string of the molecule is Fc1c(Br)ccc2nc(Cc3nnc(Cc4nc5ccccc5[nH]4)o3)sc12. The number of para-hydroxylation sites is 2. The zero-order valence-electron chi connectivity index (χ0n) is 13.7. The van der Waals surface area contributed by atoms with E-state index in [2.05, 4.69) is 41.1 Å². The molecule has 0 amide bonds. The molecule has 0 atom stereocenters. The van der Waals surface area contributed by atoms with Crippen molar-refractivity contribution in [2.75, 3.05) is 0 Å². The van der Waals surface area contributed by atoms with Gasteiger partial charge in [-0.1, -0.05) is 12.1 Å². The summed E-state index contributed by atoms with van der Waals surface area (Å²) in [6, 6.07) is 11.2. The van der Waals surface area contributed by atoms with Crippen molar-refractivity contribution in [3.8, 4) is 0 Å². The van der Waals surface area contributed by atoms with Crippen molar-refractivity contribution in [1.82, 2.24) is 25.1 Å². The number of hydrogen-bond donors (Lipinski definition) is 1. The normalized spacial score (nSPS) is 11.6. The molecule has 5 aromatic rings. The van der Waals surface area contributed by atoms with E-state index in [9.17, 15) is 4.39 Å². The lowest BCUT2D eigenvalue weighted by Gasteiger charge is -1.92. The lowest BCUT2D eigenvalue weighted by Crippen LogP contribution is -1.90. The van der Waals surface area contributed by atoms with E-state index in [4.69, 9.17) is 4.42 Å². The highest BCUT2D eigenvalue weighted by atomic mass is 79.9. The average Bonchev–Trinajstić information content (AvgIpc) is 3.37. The van der Waals surface area contributed by atoms with Crippen molar-refractivity contribution in [1.29, 1.82) is 0 Å². The van der Waals surface area contributed by atoms with Gasteiger partial charge in [0.2, 0.25) is 11.8 Å². The van der Waals surface area contributed by atoms with Crippen LogP contribution in [0.15, 0.2) is 45.3 Å². The maximum absolute atomic E-state index is 14.1. The maximum atomic E-state index is 14.1. The second kappa shape index (κ2) is 6.50. The number of aromatic amines is 1. The van der Waals surface area contributed by atoms with E-state index in [1.54, 1.807) is 12.1 Å². The number of imidazole rings is 1. The summed E-state index contributed by atoms with van der Waals surface area (Å²) in [6.07, 6.45) is 0.784. The third-order valence-electron chi connectivity index (χ3n) is 4.06. The topological polar surface area (TPSA) is 80.5 Å². The molecule has 0 aliphatic heterocycles. The summed E-state index contributed by atoms with van der Waals surface area (Å²) in [6.45, 7) is 0. The molecule has 1 N–H and O–H groups in total. The predicted octanol–water partition coefficient (Wildman–Crippen LogP) is 4.64. The lowest BCUT2D eigenvalue weighted by atomic mass is 10.3. The van der Waals surface area contributed by atoms with E-state index >= 15 is 0 Å². The molecule has 9 heteroatoms. The molecular formula is C18H11BrFN5OS. The Morgan fingerprint density at radius 3 is 2.67 bits per heavy atom. The first-order valence-electron chi connectivity index (χ1n) is 8.14. The van der Waals surface area contributed by atoms with Crippen molar-refractivity contribution in [3.63, 3.8) is 0 Å². The minimum absolute atomic E-state index is 0.299. The summed E-state index contributed by atoms with van der Waals surface area (Å²) in [5.41, 5.74) is 2.49. The first kappa shape index (κ1) is 16.5. The Balaban J connectivity index is 1.36. The Labute approximate surface area is 164 Å². The number of benzene rings is 2. The molecule has 3 heterocycles. The number of aromatic nitrogens is 5. The zero-order chi connectivity index (χ0) is 18.4. The van der Waals surface area contributed by atoms with E-state index in [1.807, 2.05) is 24.3 Å². The molecular weight excluding hydrogens is 433 g/mol. The summed E-state index contributed by atoms with van der Waals surface area (Å²) < 4.78 is 20.8. The van der Waals surface area contributed by atoms with Gasteiger partial charge >= 0.3 is 0 Å². The van der Waals surface area contributed by atoms with E-state index in [0.29, 0.717) is 39.3 Å². The Hall–Kier alpha value is -2.65. The predicted molar refractivity (Wildman–Crippen MR) is 103 cm³/mol. The number of nitrogens with zero attached hydrogens (tertiary/aromatic N) is 4. The van der Waals surface area contributed by atoms with Crippen molar-refractivity contribution in [2.24, 2.45) is 0 Å². The lowest BCUT2D eigenvalue weighted by molar-refractivity contribution is 0.464. The third-order valence-corrected chi connectivity index (χ3v) is 5.74. The van der Waals surface area contributed by atoms with Crippen LogP contribution in [0.3, 0.4) is 0 Å². The van der Waals surface area contributed by atoms with E-state index < -0.39 is 0 Å². The largest absolute Gasteiger partial charge is 0.424 e. The molecule has 0 unspecified atom stereocenters. The van der Waals surface area contributed by atoms with Crippen LogP contribution < -0.4 is 0 Å². The van der Waals surface area contributed by atoms with Crippen LogP contribution in [0.4, 0.5) is 4.39 Å². The Kier molecular flexibility index (Phi) is 3.98. The first-order chi connectivity index (χ1) is 13.2. The van der Waals surface area contributed by atoms with Gasteiger partial charge in [0, 0.05) is 0 Å². The van der Waals surface area contributed by atoms with Crippen molar-refractivity contribution < 1.29 is 8.81 Å². The molecule has 0 saturated carbocycles. The van der Waals surface area contributed by atoms with Crippen LogP contribution in [0.2, 0.25) is 0 Å². The molecule has 27 heavy (non-hydrogen) atoms. The van der Waals surface area contributed by atoms with Gasteiger partial charge in [0.1, 0.15) is 10.8 Å². The number of nitrogens with one attached hydrogen (secondary N) is 1. The number of halogens is 2. The molecule has 0 fully saturated rings. The Bertz CT molecular complexity index is 1240. The first-order valence-corrected chi connectivity index (χ1v) is 9.75. The third kappa shape index (κ3) is 3.13. The van der Waals surface area contributed by atoms with Gasteiger partial charge in [-0.2, -0.15) is 0 Å². The number of fused-ring (bicyclic) bond motifs is 2. The number of hydrogen-bond acceptors (Lipinski definition) is 6. The van der Waals surface area contributed by atoms with E-state index in [0.717, 1.165) is 21.9 Å². The molecule has 0 aliphatic carbocycles. The molecule has 5 rings (SSSR count). The highest BCUT2D eigenvalue weighted by molar-refractivity contribution is 9.10. The maximum Gasteiger partial charge on any atom is 0.224 e. The smallest absolute Gasteiger partial charge is 0.224 e. The van der Waals surface area contributed by atoms with Crippen LogP contribution in [0, 0.1) is 5.82 Å². The van der Waals surface area contributed by atoms with Crippen LogP contribution in [0.1, 0.15) is 22.6 Å². The fraction of sp³-hybridized carbons (Fsp3) is 0.111. The summed E-state index contributed by atoms with van der Waals surface area (Å²) in [4.78, 5) is 12.2. The molecule has 0 saturated heterocycles. The van der Waals surface area contributed by atoms with Crippen LogP contribution >= 0.6 is 27.3 Å². The fourth-order valence-electron chi connectivity index (χ4n) is 2.85. The van der Waals surface area contributed by atoms with Gasteiger partial charge in [-0.3, -0.25) is 0 Å². The van der Waals surface area contributed by atoms with Crippen molar-refractivity contribution in [3.05, 3.63) is 69.3 Å². The van der Waals surface area contributed by atoms with Gasteiger partial charge in [0.15, 0.2) is 5.82 Å². The molecule has 0 aliphatic rings. The fourth-order valence-corrected chi connectivity index (χ4v) is 4.31. The van der Waals surface area contributed by atoms with Gasteiger partial charge in [0.05, 0.1) is 38.6 Å². The highest BCUT2D eigenvalue weighted by Crippen LogP contribution is 2.30. The molecule has 0 radical (unpaired) electrons. The molecule has 6 nitrogen and oxygen atoms in total. The quantitative estimate of drug-likeness (QED) is 0.437. The van der Waals surface area contributed by atoms with Crippen molar-refractivity contribution in [2.45, 2.75) is 12.8 Å². The average molecular weight is 444 g/mol. The highest BCUT2D eigenvalue weighted by Gasteiger charge is 2.15.